The molecular formula is C15H14FNO2. The predicted octanol–water partition coefficient (Wildman–Crippen LogP) is 3.37. The lowest BCUT2D eigenvalue weighted by atomic mass is 10.1. The minimum Gasteiger partial charge on any atom is -0.479 e. The summed E-state index contributed by atoms with van der Waals surface area (Å²) in [6.45, 7) is 1.66. The summed E-state index contributed by atoms with van der Waals surface area (Å²) in [5, 5.41) is 12.1. The Morgan fingerprint density at radius 1 is 1.21 bits per heavy atom. The van der Waals surface area contributed by atoms with Crippen LogP contribution in [0.5, 0.6) is 0 Å². The molecule has 0 fully saturated rings. The highest BCUT2D eigenvalue weighted by atomic mass is 19.1. The number of carboxylic acid groups (broad SMARTS) is 1. The van der Waals surface area contributed by atoms with Crippen LogP contribution in [0.3, 0.4) is 0 Å². The van der Waals surface area contributed by atoms with E-state index in [1.807, 2.05) is 6.07 Å². The van der Waals surface area contributed by atoms with E-state index >= 15 is 0 Å². The van der Waals surface area contributed by atoms with Crippen LogP contribution in [0.25, 0.3) is 0 Å². The summed E-state index contributed by atoms with van der Waals surface area (Å²) < 4.78 is 13.4. The van der Waals surface area contributed by atoms with Gasteiger partial charge in [-0.2, -0.15) is 0 Å². The summed E-state index contributed by atoms with van der Waals surface area (Å²) in [6, 6.07) is 12.5. The first-order valence-corrected chi connectivity index (χ1v) is 5.88. The second kappa shape index (κ2) is 5.52. The Balaban J connectivity index is 2.27. The number of nitrogens with one attached hydrogen (secondary N) is 1. The predicted molar refractivity (Wildman–Crippen MR) is 71.6 cm³/mol. The van der Waals surface area contributed by atoms with E-state index in [0.29, 0.717) is 16.8 Å². The molecular weight excluding hydrogens is 245 g/mol. The van der Waals surface area contributed by atoms with Gasteiger partial charge < -0.3 is 10.4 Å². The van der Waals surface area contributed by atoms with Crippen LogP contribution in [0.2, 0.25) is 0 Å². The van der Waals surface area contributed by atoms with E-state index in [9.17, 15) is 14.3 Å². The van der Waals surface area contributed by atoms with Gasteiger partial charge in [-0.15, -0.1) is 0 Å². The van der Waals surface area contributed by atoms with Crippen molar-refractivity contribution in [2.75, 3.05) is 5.32 Å². The fourth-order valence-corrected chi connectivity index (χ4v) is 1.78. The Kier molecular flexibility index (Phi) is 3.80. The molecule has 0 heterocycles. The van der Waals surface area contributed by atoms with Gasteiger partial charge >= 0.3 is 5.97 Å². The molecule has 1 unspecified atom stereocenters. The van der Waals surface area contributed by atoms with Gasteiger partial charge in [0.15, 0.2) is 6.04 Å². The van der Waals surface area contributed by atoms with Gasteiger partial charge in [-0.1, -0.05) is 36.4 Å². The molecule has 0 aliphatic carbocycles. The van der Waals surface area contributed by atoms with E-state index in [2.05, 4.69) is 5.32 Å². The normalized spacial score (nSPS) is 11.9. The highest BCUT2D eigenvalue weighted by Gasteiger charge is 2.19. The molecule has 0 aliphatic rings. The zero-order valence-electron chi connectivity index (χ0n) is 10.4. The largest absolute Gasteiger partial charge is 0.479 e. The molecule has 3 nitrogen and oxygen atoms in total. The lowest BCUT2D eigenvalue weighted by Crippen LogP contribution is -2.20. The van der Waals surface area contributed by atoms with Crippen molar-refractivity contribution in [3.8, 4) is 0 Å². The van der Waals surface area contributed by atoms with Crippen LogP contribution < -0.4 is 5.32 Å². The summed E-state index contributed by atoms with van der Waals surface area (Å²) >= 11 is 0. The number of hydrogen-bond acceptors (Lipinski definition) is 2. The van der Waals surface area contributed by atoms with Crippen molar-refractivity contribution in [3.05, 3.63) is 65.5 Å². The van der Waals surface area contributed by atoms with Gasteiger partial charge in [0.2, 0.25) is 0 Å². The smallest absolute Gasteiger partial charge is 0.330 e. The molecule has 2 N–H and O–H groups in total. The summed E-state index contributed by atoms with van der Waals surface area (Å²) in [7, 11) is 0. The van der Waals surface area contributed by atoms with Crippen LogP contribution in [-0.2, 0) is 4.79 Å². The maximum Gasteiger partial charge on any atom is 0.330 e. The Labute approximate surface area is 110 Å². The van der Waals surface area contributed by atoms with Crippen molar-refractivity contribution in [2.24, 2.45) is 0 Å². The Hall–Kier alpha value is -2.36. The molecule has 0 amide bonds. The number of carbonyl (C=O) groups is 1. The van der Waals surface area contributed by atoms with E-state index < -0.39 is 12.0 Å². The number of rotatable bonds is 4. The topological polar surface area (TPSA) is 49.3 Å². The van der Waals surface area contributed by atoms with Crippen molar-refractivity contribution in [1.82, 2.24) is 0 Å². The molecule has 98 valence electrons. The van der Waals surface area contributed by atoms with Crippen LogP contribution in [0.1, 0.15) is 17.2 Å². The molecule has 0 aromatic heterocycles. The van der Waals surface area contributed by atoms with Gasteiger partial charge in [0, 0.05) is 5.69 Å². The van der Waals surface area contributed by atoms with Crippen molar-refractivity contribution >= 4 is 11.7 Å². The maximum atomic E-state index is 13.4. The van der Waals surface area contributed by atoms with Gasteiger partial charge in [-0.3, -0.25) is 0 Å². The third-order valence-electron chi connectivity index (χ3n) is 2.86. The van der Waals surface area contributed by atoms with E-state index in [-0.39, 0.29) is 5.82 Å². The third kappa shape index (κ3) is 3.10. The van der Waals surface area contributed by atoms with Gasteiger partial charge in [0.1, 0.15) is 5.82 Å². The number of aliphatic carboxylic acids is 1. The van der Waals surface area contributed by atoms with E-state index in [1.165, 1.54) is 6.07 Å². The van der Waals surface area contributed by atoms with Crippen LogP contribution in [-0.4, -0.2) is 11.1 Å². The molecule has 2 aromatic carbocycles. The highest BCUT2D eigenvalue weighted by molar-refractivity contribution is 5.79. The van der Waals surface area contributed by atoms with Crippen molar-refractivity contribution in [3.63, 3.8) is 0 Å². The molecule has 2 rings (SSSR count). The number of halogens is 1. The van der Waals surface area contributed by atoms with Crippen molar-refractivity contribution in [1.29, 1.82) is 0 Å². The zero-order chi connectivity index (χ0) is 13.8. The average molecular weight is 259 g/mol. The molecule has 19 heavy (non-hydrogen) atoms. The number of hydrogen-bond donors (Lipinski definition) is 2. The van der Waals surface area contributed by atoms with E-state index in [4.69, 9.17) is 0 Å². The number of aryl methyl sites for hydroxylation is 1. The van der Waals surface area contributed by atoms with Crippen molar-refractivity contribution in [2.45, 2.75) is 13.0 Å². The van der Waals surface area contributed by atoms with Gasteiger partial charge in [0.05, 0.1) is 0 Å². The number of benzene rings is 2. The van der Waals surface area contributed by atoms with Crippen LogP contribution in [0, 0.1) is 12.7 Å². The standard InChI is InChI=1S/C15H14FNO2/c1-10-7-8-12(9-13(10)16)17-14(15(18)19)11-5-3-2-4-6-11/h2-9,14,17H,1H3,(H,18,19). The molecule has 0 saturated carbocycles. The Bertz CT molecular complexity index is 584. The molecule has 0 spiro atoms. The summed E-state index contributed by atoms with van der Waals surface area (Å²) in [6.07, 6.45) is 0. The first kappa shape index (κ1) is 13.1. The van der Waals surface area contributed by atoms with Gasteiger partial charge in [0.25, 0.3) is 0 Å². The minimum absolute atomic E-state index is 0.359. The molecule has 0 radical (unpaired) electrons. The molecule has 2 aromatic rings. The first-order chi connectivity index (χ1) is 9.08. The fourth-order valence-electron chi connectivity index (χ4n) is 1.78. The third-order valence-corrected chi connectivity index (χ3v) is 2.86. The SMILES string of the molecule is Cc1ccc(NC(C(=O)O)c2ccccc2)cc1F. The van der Waals surface area contributed by atoms with Crippen LogP contribution >= 0.6 is 0 Å². The summed E-state index contributed by atoms with van der Waals surface area (Å²) in [5.74, 6) is -1.37. The summed E-state index contributed by atoms with van der Waals surface area (Å²) in [5.41, 5.74) is 1.59. The maximum absolute atomic E-state index is 13.4. The van der Waals surface area contributed by atoms with Gasteiger partial charge in [-0.05, 0) is 30.2 Å². The molecule has 0 saturated heterocycles. The lowest BCUT2D eigenvalue weighted by Gasteiger charge is -2.16. The minimum atomic E-state index is -1.01. The monoisotopic (exact) mass is 259 g/mol. The second-order valence-electron chi connectivity index (χ2n) is 4.29. The van der Waals surface area contributed by atoms with Crippen LogP contribution in [0.15, 0.2) is 48.5 Å². The first-order valence-electron chi connectivity index (χ1n) is 5.88. The van der Waals surface area contributed by atoms with E-state index in [0.717, 1.165) is 0 Å². The van der Waals surface area contributed by atoms with Crippen LogP contribution in [0.4, 0.5) is 10.1 Å². The quantitative estimate of drug-likeness (QED) is 0.885. The second-order valence-corrected chi connectivity index (χ2v) is 4.29. The number of anilines is 1. The Morgan fingerprint density at radius 2 is 1.89 bits per heavy atom. The molecule has 0 bridgehead atoms. The molecule has 0 aliphatic heterocycles. The average Bonchev–Trinajstić information content (AvgIpc) is 2.40. The fraction of sp³-hybridized carbons (Fsp3) is 0.133. The highest BCUT2D eigenvalue weighted by Crippen LogP contribution is 2.21. The van der Waals surface area contributed by atoms with Gasteiger partial charge in [-0.25, -0.2) is 9.18 Å². The molecule has 1 atom stereocenters. The van der Waals surface area contributed by atoms with Crippen molar-refractivity contribution < 1.29 is 14.3 Å². The Morgan fingerprint density at radius 3 is 2.47 bits per heavy atom. The van der Waals surface area contributed by atoms with E-state index in [1.54, 1.807) is 43.3 Å². The number of carboxylic acids is 1. The zero-order valence-corrected chi connectivity index (χ0v) is 10.4. The lowest BCUT2D eigenvalue weighted by molar-refractivity contribution is -0.138. The summed E-state index contributed by atoms with van der Waals surface area (Å²) in [4.78, 5) is 11.3. The molecule has 4 heteroatoms.